The number of ether oxygens (including phenoxy) is 1. The minimum Gasteiger partial charge on any atom is -0.371 e. The van der Waals surface area contributed by atoms with Crippen LogP contribution in [-0.4, -0.2) is 26.4 Å². The molecule has 0 bridgehead atoms. The van der Waals surface area contributed by atoms with Gasteiger partial charge in [0, 0.05) is 13.2 Å². The number of hydrogen-bond donors (Lipinski definition) is 1. The fourth-order valence-corrected chi connectivity index (χ4v) is 3.73. The maximum absolute atomic E-state index is 5.70. The summed E-state index contributed by atoms with van der Waals surface area (Å²) in [6.45, 7) is 5.72. The van der Waals surface area contributed by atoms with Crippen molar-refractivity contribution in [2.45, 2.75) is 39.3 Å². The van der Waals surface area contributed by atoms with Gasteiger partial charge in [-0.05, 0) is 38.9 Å². The molecule has 1 saturated heterocycles. The summed E-state index contributed by atoms with van der Waals surface area (Å²) in [5.74, 6) is 0.881. The lowest BCUT2D eigenvalue weighted by Crippen LogP contribution is -1.97. The first-order valence-electron chi connectivity index (χ1n) is 6.45. The number of aromatic amines is 1. The summed E-state index contributed by atoms with van der Waals surface area (Å²) in [5.41, 5.74) is 0.999. The molecule has 7 heteroatoms. The largest absolute Gasteiger partial charge is 0.371 e. The quantitative estimate of drug-likeness (QED) is 0.883. The molecule has 1 aliphatic rings. The molecular weight excluding hydrogens is 280 g/mol. The van der Waals surface area contributed by atoms with Crippen LogP contribution in [0.2, 0.25) is 0 Å². The van der Waals surface area contributed by atoms with Crippen LogP contribution in [0.15, 0.2) is 0 Å². The first-order chi connectivity index (χ1) is 9.20. The van der Waals surface area contributed by atoms with E-state index in [9.17, 15) is 0 Å². The molecule has 102 valence electrons. The molecule has 0 saturated carbocycles. The molecule has 0 radical (unpaired) electrons. The third-order valence-electron chi connectivity index (χ3n) is 3.30. The molecule has 2 aromatic heterocycles. The lowest BCUT2D eigenvalue weighted by molar-refractivity contribution is 0.111. The van der Waals surface area contributed by atoms with Crippen molar-refractivity contribution < 1.29 is 4.74 Å². The van der Waals surface area contributed by atoms with Crippen LogP contribution in [-0.2, 0) is 11.3 Å². The molecule has 1 unspecified atom stereocenters. The highest BCUT2D eigenvalue weighted by molar-refractivity contribution is 7.71. The van der Waals surface area contributed by atoms with Crippen LogP contribution in [0.3, 0.4) is 0 Å². The normalized spacial score (nSPS) is 19.2. The second-order valence-electron chi connectivity index (χ2n) is 4.56. The highest BCUT2D eigenvalue weighted by Crippen LogP contribution is 2.36. The highest BCUT2D eigenvalue weighted by atomic mass is 32.1. The monoisotopic (exact) mass is 296 g/mol. The first-order valence-corrected chi connectivity index (χ1v) is 7.67. The predicted octanol–water partition coefficient (Wildman–Crippen LogP) is 3.24. The van der Waals surface area contributed by atoms with E-state index in [0.717, 1.165) is 47.4 Å². The number of aromatic nitrogens is 4. The molecule has 0 aromatic carbocycles. The Kier molecular flexibility index (Phi) is 3.51. The zero-order chi connectivity index (χ0) is 13.4. The molecular formula is C12H16N4OS2. The summed E-state index contributed by atoms with van der Waals surface area (Å²) in [6, 6.07) is 0. The number of hydrogen-bond acceptors (Lipinski definition) is 5. The van der Waals surface area contributed by atoms with Gasteiger partial charge in [-0.15, -0.1) is 11.3 Å². The van der Waals surface area contributed by atoms with Crippen LogP contribution < -0.4 is 0 Å². The summed E-state index contributed by atoms with van der Waals surface area (Å²) in [5, 5.41) is 8.25. The molecule has 1 aliphatic heterocycles. The second kappa shape index (κ2) is 5.15. The average Bonchev–Trinajstić information content (AvgIpc) is 3.08. The van der Waals surface area contributed by atoms with Crippen molar-refractivity contribution >= 4 is 23.6 Å². The van der Waals surface area contributed by atoms with Crippen molar-refractivity contribution in [3.05, 3.63) is 15.5 Å². The molecule has 0 aliphatic carbocycles. The van der Waals surface area contributed by atoms with Gasteiger partial charge in [-0.1, -0.05) is 0 Å². The number of H-pyrrole nitrogens is 1. The van der Waals surface area contributed by atoms with Crippen molar-refractivity contribution in [3.63, 3.8) is 0 Å². The van der Waals surface area contributed by atoms with Crippen molar-refractivity contribution in [2.75, 3.05) is 6.61 Å². The van der Waals surface area contributed by atoms with Gasteiger partial charge in [0.05, 0.1) is 10.6 Å². The number of nitrogens with zero attached hydrogens (tertiary/aromatic N) is 3. The second-order valence-corrected chi connectivity index (χ2v) is 5.98. The van der Waals surface area contributed by atoms with Crippen molar-refractivity contribution in [3.8, 4) is 10.7 Å². The van der Waals surface area contributed by atoms with Gasteiger partial charge in [0.15, 0.2) is 10.6 Å². The van der Waals surface area contributed by atoms with Gasteiger partial charge < -0.3 is 4.74 Å². The number of nitrogens with one attached hydrogen (secondary N) is 1. The molecule has 19 heavy (non-hydrogen) atoms. The molecule has 0 spiro atoms. The molecule has 1 N–H and O–H groups in total. The van der Waals surface area contributed by atoms with Gasteiger partial charge >= 0.3 is 0 Å². The van der Waals surface area contributed by atoms with E-state index in [2.05, 4.69) is 22.1 Å². The topological polar surface area (TPSA) is 55.7 Å². The third-order valence-corrected chi connectivity index (χ3v) is 4.85. The Bertz CT molecular complexity index is 636. The standard InChI is InChI=1S/C12H16N4OS2/c1-3-16-10(14-15-12(16)18)9-7(2)13-11(19-9)8-5-4-6-17-8/h8H,3-6H2,1-2H3,(H,15,18). The summed E-state index contributed by atoms with van der Waals surface area (Å²) in [6.07, 6.45) is 2.34. The Morgan fingerprint density at radius 3 is 3.11 bits per heavy atom. The van der Waals surface area contributed by atoms with E-state index in [0.29, 0.717) is 4.77 Å². The molecule has 1 atom stereocenters. The zero-order valence-corrected chi connectivity index (χ0v) is 12.6. The maximum atomic E-state index is 5.70. The summed E-state index contributed by atoms with van der Waals surface area (Å²) in [4.78, 5) is 5.73. The Morgan fingerprint density at radius 2 is 2.42 bits per heavy atom. The van der Waals surface area contributed by atoms with E-state index in [1.54, 1.807) is 11.3 Å². The minimum atomic E-state index is 0.162. The smallest absolute Gasteiger partial charge is 0.195 e. The SMILES string of the molecule is CCn1c(-c2sc(C3CCCO3)nc2C)n[nH]c1=S. The average molecular weight is 296 g/mol. The number of aryl methyl sites for hydroxylation is 1. The van der Waals surface area contributed by atoms with Crippen LogP contribution in [0.5, 0.6) is 0 Å². The summed E-state index contributed by atoms with van der Waals surface area (Å²) in [7, 11) is 0. The lowest BCUT2D eigenvalue weighted by atomic mass is 10.2. The maximum Gasteiger partial charge on any atom is 0.195 e. The minimum absolute atomic E-state index is 0.162. The van der Waals surface area contributed by atoms with Gasteiger partial charge in [-0.2, -0.15) is 5.10 Å². The van der Waals surface area contributed by atoms with Gasteiger partial charge in [0.25, 0.3) is 0 Å². The van der Waals surface area contributed by atoms with Crippen LogP contribution in [0.25, 0.3) is 10.7 Å². The number of rotatable bonds is 3. The van der Waals surface area contributed by atoms with Crippen LogP contribution in [0.1, 0.15) is 36.6 Å². The number of thiazole rings is 1. The van der Waals surface area contributed by atoms with E-state index >= 15 is 0 Å². The van der Waals surface area contributed by atoms with Crippen molar-refractivity contribution in [2.24, 2.45) is 0 Å². The van der Waals surface area contributed by atoms with Crippen molar-refractivity contribution in [1.29, 1.82) is 0 Å². The first kappa shape index (κ1) is 13.0. The highest BCUT2D eigenvalue weighted by Gasteiger charge is 2.24. The van der Waals surface area contributed by atoms with Crippen LogP contribution in [0, 0.1) is 11.7 Å². The van der Waals surface area contributed by atoms with Gasteiger partial charge in [0.1, 0.15) is 11.1 Å². The zero-order valence-electron chi connectivity index (χ0n) is 11.0. The van der Waals surface area contributed by atoms with E-state index in [-0.39, 0.29) is 6.10 Å². The van der Waals surface area contributed by atoms with Gasteiger partial charge in [-0.3, -0.25) is 9.67 Å². The fourth-order valence-electron chi connectivity index (χ4n) is 2.32. The molecule has 3 rings (SSSR count). The molecule has 3 heterocycles. The van der Waals surface area contributed by atoms with E-state index in [1.807, 2.05) is 11.5 Å². The molecule has 1 fully saturated rings. The molecule has 2 aromatic rings. The van der Waals surface area contributed by atoms with Crippen LogP contribution in [0.4, 0.5) is 0 Å². The van der Waals surface area contributed by atoms with E-state index in [1.165, 1.54) is 0 Å². The summed E-state index contributed by atoms with van der Waals surface area (Å²) < 4.78 is 8.35. The molecule has 0 amide bonds. The van der Waals surface area contributed by atoms with E-state index < -0.39 is 0 Å². The third kappa shape index (κ3) is 2.26. The Hall–Kier alpha value is -1.05. The van der Waals surface area contributed by atoms with Crippen LogP contribution >= 0.6 is 23.6 Å². The lowest BCUT2D eigenvalue weighted by Gasteiger charge is -2.03. The molecule has 5 nitrogen and oxygen atoms in total. The van der Waals surface area contributed by atoms with E-state index in [4.69, 9.17) is 17.0 Å². The summed E-state index contributed by atoms with van der Waals surface area (Å²) >= 11 is 6.90. The predicted molar refractivity (Wildman–Crippen MR) is 76.9 cm³/mol. The van der Waals surface area contributed by atoms with Gasteiger partial charge in [0.2, 0.25) is 0 Å². The van der Waals surface area contributed by atoms with Crippen molar-refractivity contribution in [1.82, 2.24) is 19.7 Å². The van der Waals surface area contributed by atoms with Gasteiger partial charge in [-0.25, -0.2) is 4.98 Å². The fraction of sp³-hybridized carbons (Fsp3) is 0.583. The Labute approximate surface area is 120 Å². The Balaban J connectivity index is 2.02. The Morgan fingerprint density at radius 1 is 1.58 bits per heavy atom.